The molecular weight excluding hydrogens is 278 g/mol. The normalized spacial score (nSPS) is 9.74. The highest BCUT2D eigenvalue weighted by molar-refractivity contribution is 5.73. The lowest BCUT2D eigenvalue weighted by Crippen LogP contribution is -1.92. The number of hydrogen-bond donors (Lipinski definition) is 1. The maximum Gasteiger partial charge on any atom is 0.0387 e. The van der Waals surface area contributed by atoms with Gasteiger partial charge in [0.05, 0.1) is 0 Å². The van der Waals surface area contributed by atoms with E-state index in [9.17, 15) is 0 Å². The van der Waals surface area contributed by atoms with Crippen molar-refractivity contribution in [1.82, 2.24) is 0 Å². The minimum absolute atomic E-state index is 1.11. The molecule has 1 heteroatoms. The van der Waals surface area contributed by atoms with Crippen molar-refractivity contribution in [3.05, 3.63) is 83.9 Å². The van der Waals surface area contributed by atoms with Crippen LogP contribution in [0.15, 0.2) is 72.8 Å². The van der Waals surface area contributed by atoms with E-state index in [0.29, 0.717) is 0 Å². The lowest BCUT2D eigenvalue weighted by Gasteiger charge is -2.12. The fourth-order valence-corrected chi connectivity index (χ4v) is 2.61. The van der Waals surface area contributed by atoms with Crippen molar-refractivity contribution in [2.75, 3.05) is 5.32 Å². The maximum atomic E-state index is 3.44. The van der Waals surface area contributed by atoms with Crippen molar-refractivity contribution in [1.29, 1.82) is 0 Å². The SMILES string of the molecule is CC.Cc1ccccc1-c1ccc(Nc2ccccc2)cc1C. The van der Waals surface area contributed by atoms with Gasteiger partial charge in [-0.25, -0.2) is 0 Å². The Morgan fingerprint density at radius 2 is 1.17 bits per heavy atom. The van der Waals surface area contributed by atoms with Gasteiger partial charge in [-0.3, -0.25) is 0 Å². The molecule has 23 heavy (non-hydrogen) atoms. The molecule has 3 rings (SSSR count). The second-order valence-electron chi connectivity index (χ2n) is 5.34. The van der Waals surface area contributed by atoms with Gasteiger partial charge in [0.2, 0.25) is 0 Å². The van der Waals surface area contributed by atoms with E-state index in [1.165, 1.54) is 22.3 Å². The van der Waals surface area contributed by atoms with Crippen LogP contribution in [0.25, 0.3) is 11.1 Å². The summed E-state index contributed by atoms with van der Waals surface area (Å²) >= 11 is 0. The van der Waals surface area contributed by atoms with Gasteiger partial charge in [-0.05, 0) is 60.4 Å². The molecule has 0 radical (unpaired) electrons. The summed E-state index contributed by atoms with van der Waals surface area (Å²) in [5.74, 6) is 0. The largest absolute Gasteiger partial charge is 0.356 e. The summed E-state index contributed by atoms with van der Waals surface area (Å²) in [6.45, 7) is 8.32. The molecule has 0 saturated heterocycles. The summed E-state index contributed by atoms with van der Waals surface area (Å²) in [5, 5.41) is 3.44. The van der Waals surface area contributed by atoms with Gasteiger partial charge in [-0.2, -0.15) is 0 Å². The molecule has 0 aromatic heterocycles. The molecule has 3 aromatic rings. The third-order valence-electron chi connectivity index (χ3n) is 3.72. The summed E-state index contributed by atoms with van der Waals surface area (Å²) in [6.07, 6.45) is 0. The zero-order valence-corrected chi connectivity index (χ0v) is 14.4. The predicted octanol–water partition coefficient (Wildman–Crippen LogP) is 6.74. The highest BCUT2D eigenvalue weighted by atomic mass is 14.9. The molecule has 0 bridgehead atoms. The first-order valence-corrected chi connectivity index (χ1v) is 8.23. The molecule has 0 aliphatic carbocycles. The van der Waals surface area contributed by atoms with Gasteiger partial charge >= 0.3 is 0 Å². The van der Waals surface area contributed by atoms with Crippen LogP contribution in [0.3, 0.4) is 0 Å². The minimum atomic E-state index is 1.11. The first-order valence-electron chi connectivity index (χ1n) is 8.23. The number of hydrogen-bond acceptors (Lipinski definition) is 1. The highest BCUT2D eigenvalue weighted by Gasteiger charge is 2.05. The van der Waals surface area contributed by atoms with E-state index in [2.05, 4.69) is 73.8 Å². The summed E-state index contributed by atoms with van der Waals surface area (Å²) < 4.78 is 0. The summed E-state index contributed by atoms with van der Waals surface area (Å²) in [7, 11) is 0. The van der Waals surface area contributed by atoms with Gasteiger partial charge in [0, 0.05) is 11.4 Å². The molecule has 0 atom stereocenters. The zero-order valence-electron chi connectivity index (χ0n) is 14.4. The van der Waals surface area contributed by atoms with Crippen LogP contribution in [0.2, 0.25) is 0 Å². The van der Waals surface area contributed by atoms with Crippen LogP contribution in [0, 0.1) is 13.8 Å². The fourth-order valence-electron chi connectivity index (χ4n) is 2.61. The van der Waals surface area contributed by atoms with Crippen LogP contribution in [0.4, 0.5) is 11.4 Å². The Kier molecular flexibility index (Phi) is 5.99. The first kappa shape index (κ1) is 16.8. The topological polar surface area (TPSA) is 12.0 Å². The van der Waals surface area contributed by atoms with E-state index in [4.69, 9.17) is 0 Å². The van der Waals surface area contributed by atoms with Crippen LogP contribution >= 0.6 is 0 Å². The molecule has 1 N–H and O–H groups in total. The van der Waals surface area contributed by atoms with E-state index >= 15 is 0 Å². The third-order valence-corrected chi connectivity index (χ3v) is 3.72. The number of nitrogens with one attached hydrogen (secondary N) is 1. The predicted molar refractivity (Wildman–Crippen MR) is 102 cm³/mol. The molecule has 0 unspecified atom stereocenters. The molecule has 118 valence electrons. The Morgan fingerprint density at radius 1 is 0.565 bits per heavy atom. The molecule has 0 aliphatic heterocycles. The molecule has 1 nitrogen and oxygen atoms in total. The lowest BCUT2D eigenvalue weighted by molar-refractivity contribution is 1.40. The monoisotopic (exact) mass is 303 g/mol. The van der Waals surface area contributed by atoms with Crippen molar-refractivity contribution >= 4 is 11.4 Å². The quantitative estimate of drug-likeness (QED) is 0.565. The summed E-state index contributed by atoms with van der Waals surface area (Å²) in [5.41, 5.74) is 7.43. The highest BCUT2D eigenvalue weighted by Crippen LogP contribution is 2.29. The van der Waals surface area contributed by atoms with E-state index in [-0.39, 0.29) is 0 Å². The van der Waals surface area contributed by atoms with Crippen LogP contribution in [0.5, 0.6) is 0 Å². The Balaban J connectivity index is 0.000000924. The Hall–Kier alpha value is -2.54. The van der Waals surface area contributed by atoms with Crippen LogP contribution in [-0.4, -0.2) is 0 Å². The van der Waals surface area contributed by atoms with E-state index in [1.54, 1.807) is 0 Å². The van der Waals surface area contributed by atoms with Gasteiger partial charge in [0.15, 0.2) is 0 Å². The molecule has 0 amide bonds. The standard InChI is InChI=1S/C20H19N.C2H6/c1-15-8-6-7-11-19(15)20-13-12-18(14-16(20)2)21-17-9-4-3-5-10-17;1-2/h3-14,21H,1-2H3;1-2H3. The van der Waals surface area contributed by atoms with E-state index in [1.807, 2.05) is 32.0 Å². The van der Waals surface area contributed by atoms with E-state index in [0.717, 1.165) is 11.4 Å². The number of rotatable bonds is 3. The van der Waals surface area contributed by atoms with Gasteiger partial charge in [-0.15, -0.1) is 0 Å². The van der Waals surface area contributed by atoms with E-state index < -0.39 is 0 Å². The maximum absolute atomic E-state index is 3.44. The molecule has 0 spiro atoms. The van der Waals surface area contributed by atoms with Crippen molar-refractivity contribution in [2.45, 2.75) is 27.7 Å². The number of benzene rings is 3. The zero-order chi connectivity index (χ0) is 16.7. The van der Waals surface area contributed by atoms with Crippen molar-refractivity contribution < 1.29 is 0 Å². The van der Waals surface area contributed by atoms with Crippen LogP contribution in [0.1, 0.15) is 25.0 Å². The Morgan fingerprint density at radius 3 is 1.83 bits per heavy atom. The minimum Gasteiger partial charge on any atom is -0.356 e. The molecule has 0 heterocycles. The number of para-hydroxylation sites is 1. The second kappa shape index (κ2) is 8.19. The van der Waals surface area contributed by atoms with Crippen LogP contribution in [-0.2, 0) is 0 Å². The Labute approximate surface area is 140 Å². The molecular formula is C22H25N. The lowest BCUT2D eigenvalue weighted by atomic mass is 9.96. The first-order chi connectivity index (χ1) is 11.2. The van der Waals surface area contributed by atoms with Gasteiger partial charge in [0.25, 0.3) is 0 Å². The van der Waals surface area contributed by atoms with Crippen molar-refractivity contribution in [3.8, 4) is 11.1 Å². The molecule has 0 aliphatic rings. The van der Waals surface area contributed by atoms with Gasteiger partial charge in [-0.1, -0.05) is 62.4 Å². The average molecular weight is 303 g/mol. The summed E-state index contributed by atoms with van der Waals surface area (Å²) in [6, 6.07) is 25.3. The molecule has 0 fully saturated rings. The van der Waals surface area contributed by atoms with Gasteiger partial charge in [0.1, 0.15) is 0 Å². The smallest absolute Gasteiger partial charge is 0.0387 e. The Bertz CT molecular complexity index is 745. The van der Waals surface area contributed by atoms with Crippen LogP contribution < -0.4 is 5.32 Å². The van der Waals surface area contributed by atoms with Gasteiger partial charge < -0.3 is 5.32 Å². The van der Waals surface area contributed by atoms with Crippen molar-refractivity contribution in [2.24, 2.45) is 0 Å². The molecule has 0 saturated carbocycles. The number of aryl methyl sites for hydroxylation is 2. The van der Waals surface area contributed by atoms with Crippen molar-refractivity contribution in [3.63, 3.8) is 0 Å². The molecule has 3 aromatic carbocycles. The average Bonchev–Trinajstić information content (AvgIpc) is 2.59. The number of anilines is 2. The summed E-state index contributed by atoms with van der Waals surface area (Å²) in [4.78, 5) is 0. The second-order valence-corrected chi connectivity index (χ2v) is 5.34. The third kappa shape index (κ3) is 4.23. The fraction of sp³-hybridized carbons (Fsp3) is 0.182.